The van der Waals surface area contributed by atoms with Crippen molar-refractivity contribution in [3.63, 3.8) is 0 Å². The number of ketones is 1. The number of furan rings is 1. The van der Waals surface area contributed by atoms with Crippen LogP contribution in [0.5, 0.6) is 0 Å². The van der Waals surface area contributed by atoms with Crippen LogP contribution in [0.25, 0.3) is 39.3 Å². The molecule has 1 amide bonds. The minimum atomic E-state index is -2.75. The number of aromatic nitrogens is 1. The summed E-state index contributed by atoms with van der Waals surface area (Å²) in [6.45, 7) is -0.0246. The van der Waals surface area contributed by atoms with Crippen LogP contribution in [-0.4, -0.2) is 40.6 Å². The summed E-state index contributed by atoms with van der Waals surface area (Å²) in [5.41, 5.74) is 9.02. The molecule has 1 aliphatic heterocycles. The zero-order valence-electron chi connectivity index (χ0n) is 24.6. The summed E-state index contributed by atoms with van der Waals surface area (Å²) in [4.78, 5) is 30.9. The van der Waals surface area contributed by atoms with Gasteiger partial charge in [-0.05, 0) is 83.4 Å². The number of halogens is 4. The van der Waals surface area contributed by atoms with Gasteiger partial charge in [0.25, 0.3) is 11.8 Å². The third-order valence-corrected chi connectivity index (χ3v) is 8.02. The van der Waals surface area contributed by atoms with Gasteiger partial charge in [0.15, 0.2) is 5.78 Å². The third-order valence-electron chi connectivity index (χ3n) is 8.02. The summed E-state index contributed by atoms with van der Waals surface area (Å²) >= 11 is 0. The summed E-state index contributed by atoms with van der Waals surface area (Å²) in [5.74, 6) is -3.78. The third kappa shape index (κ3) is 6.86. The van der Waals surface area contributed by atoms with Crippen LogP contribution in [0.1, 0.15) is 40.9 Å². The lowest BCUT2D eigenvalue weighted by Gasteiger charge is -2.31. The molecule has 0 aliphatic carbocycles. The number of piperidine rings is 1. The van der Waals surface area contributed by atoms with Crippen LogP contribution in [0.15, 0.2) is 89.5 Å². The average molecular weight is 628 g/mol. The maximum Gasteiger partial charge on any atom is 0.253 e. The number of carbonyl (C=O) groups excluding carboxylic acids is 2. The molecule has 3 aromatic carbocycles. The number of likely N-dealkylation sites (tertiary alicyclic amines) is 1. The minimum Gasteiger partial charge on any atom is -0.460 e. The van der Waals surface area contributed by atoms with E-state index in [9.17, 15) is 22.8 Å². The number of nitrogen functional groups attached to an aromatic ring is 1. The number of nitrogens with zero attached hydrogens (tertiary/aromatic N) is 2. The van der Waals surface area contributed by atoms with Crippen molar-refractivity contribution in [1.82, 2.24) is 9.88 Å². The van der Waals surface area contributed by atoms with Crippen LogP contribution >= 0.6 is 0 Å². The van der Waals surface area contributed by atoms with E-state index in [0.29, 0.717) is 44.8 Å². The number of carbonyl (C=O) groups is 2. The van der Waals surface area contributed by atoms with Gasteiger partial charge in [-0.15, -0.1) is 0 Å². The van der Waals surface area contributed by atoms with Gasteiger partial charge in [-0.3, -0.25) is 9.59 Å². The number of alkyl halides is 2. The molecule has 3 heterocycles. The number of rotatable bonds is 8. The monoisotopic (exact) mass is 627 g/mol. The van der Waals surface area contributed by atoms with Crippen LogP contribution in [-0.2, 0) is 11.2 Å². The molecule has 2 N–H and O–H groups in total. The highest BCUT2D eigenvalue weighted by Gasteiger charge is 2.35. The highest BCUT2D eigenvalue weighted by molar-refractivity contribution is 5.98. The van der Waals surface area contributed by atoms with Crippen molar-refractivity contribution in [3.05, 3.63) is 114 Å². The predicted octanol–water partition coefficient (Wildman–Crippen LogP) is 8.11. The molecule has 1 aliphatic rings. The van der Waals surface area contributed by atoms with Crippen molar-refractivity contribution in [1.29, 1.82) is 0 Å². The van der Waals surface area contributed by atoms with Gasteiger partial charge in [-0.25, -0.2) is 22.5 Å². The highest BCUT2D eigenvalue weighted by Crippen LogP contribution is 2.38. The molecule has 0 unspecified atom stereocenters. The van der Waals surface area contributed by atoms with Crippen LogP contribution < -0.4 is 5.73 Å². The number of benzene rings is 3. The Bertz CT molecular complexity index is 1940. The highest BCUT2D eigenvalue weighted by atomic mass is 19.3. The molecule has 6 rings (SSSR count). The Labute approximate surface area is 262 Å². The van der Waals surface area contributed by atoms with E-state index in [0.717, 1.165) is 11.6 Å². The van der Waals surface area contributed by atoms with E-state index in [1.807, 2.05) is 6.07 Å². The standard InChI is InChI=1S/C36H29F4N3O3/c37-27-7-11-30(32(38)20-27)31-19-25(23-3-5-24(6-4-23)35(45)43-15-13-36(39,40)14-16-43)17-26-18-29(46-34(26)31)10-9-28(44)8-1-22-2-12-33(41)42-21-22/h1-8,11-12,17-21H,9-10,13-16H2,(H2,41,42)/b8-1+. The number of anilines is 1. The number of aryl methyl sites for hydroxylation is 1. The van der Waals surface area contributed by atoms with Crippen molar-refractivity contribution >= 4 is 34.6 Å². The Balaban J connectivity index is 1.27. The molecule has 6 nitrogen and oxygen atoms in total. The van der Waals surface area contributed by atoms with Crippen molar-refractivity contribution in [2.75, 3.05) is 18.8 Å². The van der Waals surface area contributed by atoms with Gasteiger partial charge in [0.05, 0.1) is 0 Å². The van der Waals surface area contributed by atoms with Gasteiger partial charge < -0.3 is 15.1 Å². The Hall–Kier alpha value is -5.25. The summed E-state index contributed by atoms with van der Waals surface area (Å²) < 4.78 is 62.1. The first kappa shape index (κ1) is 30.8. The Morgan fingerprint density at radius 2 is 1.67 bits per heavy atom. The summed E-state index contributed by atoms with van der Waals surface area (Å²) in [7, 11) is 0. The molecule has 234 valence electrons. The second-order valence-corrected chi connectivity index (χ2v) is 11.3. The van der Waals surface area contributed by atoms with E-state index < -0.39 is 17.6 Å². The molecule has 10 heteroatoms. The van der Waals surface area contributed by atoms with Crippen molar-refractivity contribution < 1.29 is 31.6 Å². The lowest BCUT2D eigenvalue weighted by atomic mass is 9.95. The summed E-state index contributed by atoms with van der Waals surface area (Å²) in [6.07, 6.45) is 4.40. The van der Waals surface area contributed by atoms with Gasteiger partial charge in [0.1, 0.15) is 28.8 Å². The van der Waals surface area contributed by atoms with E-state index in [4.69, 9.17) is 10.2 Å². The molecule has 0 bridgehead atoms. The van der Waals surface area contributed by atoms with Gasteiger partial charge in [0, 0.05) is 73.1 Å². The van der Waals surface area contributed by atoms with Crippen LogP contribution in [0.3, 0.4) is 0 Å². The number of amides is 1. The zero-order valence-corrected chi connectivity index (χ0v) is 24.6. The normalized spacial score (nSPS) is 14.7. The quantitative estimate of drug-likeness (QED) is 0.139. The number of hydrogen-bond donors (Lipinski definition) is 1. The number of fused-ring (bicyclic) bond motifs is 1. The smallest absolute Gasteiger partial charge is 0.253 e. The van der Waals surface area contributed by atoms with Gasteiger partial charge in [-0.2, -0.15) is 0 Å². The summed E-state index contributed by atoms with van der Waals surface area (Å²) in [5, 5.41) is 0.650. The fourth-order valence-corrected chi connectivity index (χ4v) is 5.46. The number of pyridine rings is 1. The Morgan fingerprint density at radius 1 is 0.913 bits per heavy atom. The lowest BCUT2D eigenvalue weighted by molar-refractivity contribution is -0.114. The molecular formula is C36H29F4N3O3. The topological polar surface area (TPSA) is 89.4 Å². The van der Waals surface area contributed by atoms with Crippen LogP contribution in [0.2, 0.25) is 0 Å². The van der Waals surface area contributed by atoms with E-state index in [1.54, 1.807) is 60.8 Å². The molecule has 0 atom stereocenters. The molecule has 5 aromatic rings. The van der Waals surface area contributed by atoms with E-state index in [2.05, 4.69) is 4.98 Å². The van der Waals surface area contributed by atoms with Gasteiger partial charge in [0.2, 0.25) is 0 Å². The average Bonchev–Trinajstić information content (AvgIpc) is 3.46. The Kier molecular flexibility index (Phi) is 8.44. The van der Waals surface area contributed by atoms with Crippen LogP contribution in [0, 0.1) is 11.6 Å². The largest absolute Gasteiger partial charge is 0.460 e. The molecule has 46 heavy (non-hydrogen) atoms. The fraction of sp³-hybridized carbons (Fsp3) is 0.194. The molecule has 1 fully saturated rings. The predicted molar refractivity (Wildman–Crippen MR) is 168 cm³/mol. The second-order valence-electron chi connectivity index (χ2n) is 11.3. The van der Waals surface area contributed by atoms with Crippen molar-refractivity contribution in [3.8, 4) is 22.3 Å². The maximum atomic E-state index is 15.0. The first-order valence-electron chi connectivity index (χ1n) is 14.8. The first-order valence-corrected chi connectivity index (χ1v) is 14.8. The number of nitrogens with two attached hydrogens (primary N) is 1. The second kappa shape index (κ2) is 12.6. The van der Waals surface area contributed by atoms with E-state index >= 15 is 4.39 Å². The van der Waals surface area contributed by atoms with Crippen LogP contribution in [0.4, 0.5) is 23.4 Å². The molecule has 0 radical (unpaired) electrons. The number of allylic oxidation sites excluding steroid dienone is 1. The van der Waals surface area contributed by atoms with E-state index in [1.165, 1.54) is 23.1 Å². The molecular weight excluding hydrogens is 598 g/mol. The molecule has 1 saturated heterocycles. The molecule has 2 aromatic heterocycles. The molecule has 0 spiro atoms. The van der Waals surface area contributed by atoms with Gasteiger partial charge >= 0.3 is 0 Å². The maximum absolute atomic E-state index is 15.0. The first-order chi connectivity index (χ1) is 22.0. The van der Waals surface area contributed by atoms with Crippen molar-refractivity contribution in [2.45, 2.75) is 31.6 Å². The van der Waals surface area contributed by atoms with E-state index in [-0.39, 0.29) is 56.0 Å². The SMILES string of the molecule is Nc1ccc(/C=C/C(=O)CCc2cc3cc(-c4ccc(C(=O)N5CCC(F)(F)CC5)cc4)cc(-c4ccc(F)cc4F)c3o2)cn1. The van der Waals surface area contributed by atoms with Gasteiger partial charge in [-0.1, -0.05) is 12.1 Å². The molecule has 0 saturated carbocycles. The minimum absolute atomic E-state index is 0.0123. The summed E-state index contributed by atoms with van der Waals surface area (Å²) in [6, 6.07) is 18.8. The number of hydrogen-bond acceptors (Lipinski definition) is 5. The zero-order chi connectivity index (χ0) is 32.4. The van der Waals surface area contributed by atoms with Crippen molar-refractivity contribution in [2.24, 2.45) is 0 Å². The Morgan fingerprint density at radius 3 is 2.37 bits per heavy atom. The fourth-order valence-electron chi connectivity index (χ4n) is 5.46. The lowest BCUT2D eigenvalue weighted by Crippen LogP contribution is -2.42.